The number of nitrogens with zero attached hydrogens (tertiary/aromatic N) is 1. The molecule has 6 heteroatoms. The van der Waals surface area contributed by atoms with Gasteiger partial charge in [0.05, 0.1) is 32.2 Å². The fourth-order valence-corrected chi connectivity index (χ4v) is 3.23. The molecule has 1 amide bonds. The molecule has 1 aromatic rings. The SMILES string of the molecule is CCOC(=O)C1CCN(C(=O)Cc2ccc3c(c2)OCCCO3)CC1. The van der Waals surface area contributed by atoms with Crippen molar-refractivity contribution < 1.29 is 23.8 Å². The molecule has 0 aliphatic carbocycles. The maximum Gasteiger partial charge on any atom is 0.309 e. The van der Waals surface area contributed by atoms with Crippen molar-refractivity contribution in [3.8, 4) is 11.5 Å². The summed E-state index contributed by atoms with van der Waals surface area (Å²) < 4.78 is 16.4. The minimum Gasteiger partial charge on any atom is -0.490 e. The van der Waals surface area contributed by atoms with E-state index in [1.54, 1.807) is 0 Å². The molecule has 0 aromatic heterocycles. The third-order valence-corrected chi connectivity index (χ3v) is 4.63. The van der Waals surface area contributed by atoms with E-state index in [-0.39, 0.29) is 17.8 Å². The van der Waals surface area contributed by atoms with Crippen LogP contribution in [0.5, 0.6) is 11.5 Å². The lowest BCUT2D eigenvalue weighted by Gasteiger charge is -2.31. The van der Waals surface area contributed by atoms with E-state index in [4.69, 9.17) is 14.2 Å². The van der Waals surface area contributed by atoms with Crippen molar-refractivity contribution in [3.05, 3.63) is 23.8 Å². The molecule has 0 bridgehead atoms. The molecule has 2 heterocycles. The van der Waals surface area contributed by atoms with Crippen LogP contribution in [0.25, 0.3) is 0 Å². The Labute approximate surface area is 148 Å². The van der Waals surface area contributed by atoms with Crippen LogP contribution in [0.3, 0.4) is 0 Å². The zero-order valence-electron chi connectivity index (χ0n) is 14.7. The zero-order valence-corrected chi connectivity index (χ0v) is 14.7. The molecule has 0 atom stereocenters. The van der Waals surface area contributed by atoms with E-state index in [2.05, 4.69) is 0 Å². The van der Waals surface area contributed by atoms with Crippen molar-refractivity contribution in [1.82, 2.24) is 4.90 Å². The second kappa shape index (κ2) is 8.23. The molecule has 2 aliphatic rings. The fourth-order valence-electron chi connectivity index (χ4n) is 3.23. The zero-order chi connectivity index (χ0) is 17.6. The van der Waals surface area contributed by atoms with Gasteiger partial charge in [-0.2, -0.15) is 0 Å². The van der Waals surface area contributed by atoms with Gasteiger partial charge < -0.3 is 19.1 Å². The minimum atomic E-state index is -0.141. The summed E-state index contributed by atoms with van der Waals surface area (Å²) in [6.45, 7) is 4.71. The number of amides is 1. The molecule has 0 saturated carbocycles. The molecular weight excluding hydrogens is 322 g/mol. The van der Waals surface area contributed by atoms with Crippen molar-refractivity contribution in [2.24, 2.45) is 5.92 Å². The van der Waals surface area contributed by atoms with Gasteiger partial charge in [0.2, 0.25) is 5.91 Å². The molecule has 0 unspecified atom stereocenters. The number of esters is 1. The number of carbonyl (C=O) groups is 2. The highest BCUT2D eigenvalue weighted by Gasteiger charge is 2.28. The van der Waals surface area contributed by atoms with Gasteiger partial charge in [-0.05, 0) is 37.5 Å². The highest BCUT2D eigenvalue weighted by atomic mass is 16.5. The van der Waals surface area contributed by atoms with Gasteiger partial charge in [0, 0.05) is 19.5 Å². The summed E-state index contributed by atoms with van der Waals surface area (Å²) in [7, 11) is 0. The molecule has 3 rings (SSSR count). The van der Waals surface area contributed by atoms with Crippen LogP contribution in [0.15, 0.2) is 18.2 Å². The van der Waals surface area contributed by atoms with E-state index in [9.17, 15) is 9.59 Å². The summed E-state index contributed by atoms with van der Waals surface area (Å²) in [4.78, 5) is 26.2. The average molecular weight is 347 g/mol. The Kier molecular flexibility index (Phi) is 5.79. The summed E-state index contributed by atoms with van der Waals surface area (Å²) in [5, 5.41) is 0. The predicted molar refractivity (Wildman–Crippen MR) is 91.7 cm³/mol. The molecule has 2 aliphatic heterocycles. The molecule has 6 nitrogen and oxygen atoms in total. The Morgan fingerprint density at radius 3 is 2.60 bits per heavy atom. The van der Waals surface area contributed by atoms with Gasteiger partial charge in [-0.3, -0.25) is 9.59 Å². The van der Waals surface area contributed by atoms with Crippen molar-refractivity contribution in [3.63, 3.8) is 0 Å². The van der Waals surface area contributed by atoms with Crippen molar-refractivity contribution in [2.45, 2.75) is 32.6 Å². The van der Waals surface area contributed by atoms with Crippen LogP contribution in [-0.4, -0.2) is 49.7 Å². The van der Waals surface area contributed by atoms with Gasteiger partial charge in [0.15, 0.2) is 11.5 Å². The summed E-state index contributed by atoms with van der Waals surface area (Å²) >= 11 is 0. The van der Waals surface area contributed by atoms with Crippen LogP contribution in [-0.2, 0) is 20.7 Å². The molecule has 0 spiro atoms. The monoisotopic (exact) mass is 347 g/mol. The Bertz CT molecular complexity index is 622. The molecule has 1 fully saturated rings. The van der Waals surface area contributed by atoms with E-state index in [1.165, 1.54) is 0 Å². The number of ether oxygens (including phenoxy) is 3. The van der Waals surface area contributed by atoms with Crippen LogP contribution < -0.4 is 9.47 Å². The van der Waals surface area contributed by atoms with E-state index < -0.39 is 0 Å². The maximum atomic E-state index is 12.5. The first kappa shape index (κ1) is 17.6. The van der Waals surface area contributed by atoms with Crippen LogP contribution in [0, 0.1) is 5.92 Å². The van der Waals surface area contributed by atoms with Crippen LogP contribution in [0.1, 0.15) is 31.7 Å². The van der Waals surface area contributed by atoms with Gasteiger partial charge in [0.25, 0.3) is 0 Å². The van der Waals surface area contributed by atoms with Gasteiger partial charge in [-0.1, -0.05) is 6.07 Å². The van der Waals surface area contributed by atoms with Crippen molar-refractivity contribution in [1.29, 1.82) is 0 Å². The van der Waals surface area contributed by atoms with Crippen LogP contribution in [0.4, 0.5) is 0 Å². The Morgan fingerprint density at radius 1 is 1.16 bits per heavy atom. The van der Waals surface area contributed by atoms with Crippen molar-refractivity contribution >= 4 is 11.9 Å². The number of carbonyl (C=O) groups excluding carboxylic acids is 2. The quantitative estimate of drug-likeness (QED) is 0.781. The summed E-state index contributed by atoms with van der Waals surface area (Å²) in [5.41, 5.74) is 0.918. The van der Waals surface area contributed by atoms with E-state index in [1.807, 2.05) is 30.0 Å². The maximum absolute atomic E-state index is 12.5. The van der Waals surface area contributed by atoms with E-state index in [0.29, 0.717) is 57.9 Å². The lowest BCUT2D eigenvalue weighted by Crippen LogP contribution is -2.41. The largest absolute Gasteiger partial charge is 0.490 e. The topological polar surface area (TPSA) is 65.1 Å². The third-order valence-electron chi connectivity index (χ3n) is 4.63. The number of rotatable bonds is 4. The smallest absolute Gasteiger partial charge is 0.309 e. The minimum absolute atomic E-state index is 0.0804. The van der Waals surface area contributed by atoms with Crippen LogP contribution in [0.2, 0.25) is 0 Å². The first-order valence-corrected chi connectivity index (χ1v) is 9.00. The molecule has 0 N–H and O–H groups in total. The number of hydrogen-bond acceptors (Lipinski definition) is 5. The summed E-state index contributed by atoms with van der Waals surface area (Å²) in [6, 6.07) is 5.68. The molecule has 136 valence electrons. The average Bonchev–Trinajstić information content (AvgIpc) is 2.87. The van der Waals surface area contributed by atoms with Gasteiger partial charge in [-0.15, -0.1) is 0 Å². The van der Waals surface area contributed by atoms with Gasteiger partial charge >= 0.3 is 5.97 Å². The van der Waals surface area contributed by atoms with Gasteiger partial charge in [0.1, 0.15) is 0 Å². The normalized spacial score (nSPS) is 17.7. The fraction of sp³-hybridized carbons (Fsp3) is 0.579. The second-order valence-electron chi connectivity index (χ2n) is 6.42. The Balaban J connectivity index is 1.55. The van der Waals surface area contributed by atoms with Crippen LogP contribution >= 0.6 is 0 Å². The molecular formula is C19H25NO5. The first-order valence-electron chi connectivity index (χ1n) is 9.00. The van der Waals surface area contributed by atoms with Gasteiger partial charge in [-0.25, -0.2) is 0 Å². The molecule has 1 aromatic carbocycles. The number of piperidine rings is 1. The van der Waals surface area contributed by atoms with Crippen molar-refractivity contribution in [2.75, 3.05) is 32.9 Å². The number of likely N-dealkylation sites (tertiary alicyclic amines) is 1. The third kappa shape index (κ3) is 4.44. The van der Waals surface area contributed by atoms with E-state index in [0.717, 1.165) is 17.7 Å². The molecule has 0 radical (unpaired) electrons. The molecule has 1 saturated heterocycles. The first-order chi connectivity index (χ1) is 12.2. The second-order valence-corrected chi connectivity index (χ2v) is 6.42. The van der Waals surface area contributed by atoms with E-state index >= 15 is 0 Å². The lowest BCUT2D eigenvalue weighted by atomic mass is 9.96. The summed E-state index contributed by atoms with van der Waals surface area (Å²) in [5.74, 6) is 1.31. The highest BCUT2D eigenvalue weighted by Crippen LogP contribution is 2.30. The standard InChI is InChI=1S/C19H25NO5/c1-2-23-19(22)15-6-8-20(9-7-15)18(21)13-14-4-5-16-17(12-14)25-11-3-10-24-16/h4-5,12,15H,2-3,6-11,13H2,1H3. The number of benzene rings is 1. The summed E-state index contributed by atoms with van der Waals surface area (Å²) in [6.07, 6.45) is 2.54. The Hall–Kier alpha value is -2.24. The lowest BCUT2D eigenvalue weighted by molar-refractivity contribution is -0.151. The molecule has 25 heavy (non-hydrogen) atoms. The number of fused-ring (bicyclic) bond motifs is 1. The Morgan fingerprint density at radius 2 is 1.88 bits per heavy atom. The predicted octanol–water partition coefficient (Wildman–Crippen LogP) is 2.19. The number of hydrogen-bond donors (Lipinski definition) is 0. The highest BCUT2D eigenvalue weighted by molar-refractivity contribution is 5.79.